The summed E-state index contributed by atoms with van der Waals surface area (Å²) in [4.78, 5) is 0. The molecule has 0 bridgehead atoms. The van der Waals surface area contributed by atoms with Crippen LogP contribution in [0.2, 0.25) is 5.02 Å². The summed E-state index contributed by atoms with van der Waals surface area (Å²) in [5, 5.41) is 0.552. The van der Waals surface area contributed by atoms with Crippen molar-refractivity contribution in [1.82, 2.24) is 0 Å². The van der Waals surface area contributed by atoms with Crippen LogP contribution >= 0.6 is 11.6 Å². The number of hydrogen-bond acceptors (Lipinski definition) is 0. The van der Waals surface area contributed by atoms with E-state index < -0.39 is 0 Å². The Hall–Kier alpha value is -1.60. The molecule has 0 N–H and O–H groups in total. The molecule has 0 fully saturated rings. The van der Waals surface area contributed by atoms with E-state index in [1.165, 1.54) is 12.1 Å². The lowest BCUT2D eigenvalue weighted by Gasteiger charge is -2.09. The van der Waals surface area contributed by atoms with Crippen LogP contribution in [-0.4, -0.2) is 0 Å². The number of rotatable bonds is 2. The molecule has 0 radical (unpaired) electrons. The summed E-state index contributed by atoms with van der Waals surface area (Å²) in [6.45, 7) is 5.70. The van der Waals surface area contributed by atoms with Crippen molar-refractivity contribution in [2.75, 3.05) is 0 Å². The predicted octanol–water partition coefficient (Wildman–Crippen LogP) is 5.10. The molecule has 2 aromatic rings. The average molecular weight is 247 g/mol. The standard InChI is InChI=1S/C15H12ClF/c1-3-11-5-4-10(2)13(8-11)14-9-12(17)6-7-15(14)16/h3-9H,1H2,2H3. The second-order valence-corrected chi connectivity index (χ2v) is 4.31. The van der Waals surface area contributed by atoms with Gasteiger partial charge in [0.25, 0.3) is 0 Å². The van der Waals surface area contributed by atoms with Crippen LogP contribution in [-0.2, 0) is 0 Å². The highest BCUT2D eigenvalue weighted by Crippen LogP contribution is 2.31. The molecular weight excluding hydrogens is 235 g/mol. The van der Waals surface area contributed by atoms with Gasteiger partial charge in [0.2, 0.25) is 0 Å². The second kappa shape index (κ2) is 4.72. The fourth-order valence-electron chi connectivity index (χ4n) is 1.76. The zero-order valence-electron chi connectivity index (χ0n) is 9.50. The summed E-state index contributed by atoms with van der Waals surface area (Å²) >= 11 is 6.11. The smallest absolute Gasteiger partial charge is 0.123 e. The SMILES string of the molecule is C=Cc1ccc(C)c(-c2cc(F)ccc2Cl)c1. The maximum atomic E-state index is 13.3. The summed E-state index contributed by atoms with van der Waals surface area (Å²) in [7, 11) is 0. The lowest BCUT2D eigenvalue weighted by molar-refractivity contribution is 0.628. The molecule has 0 heterocycles. The third-order valence-corrected chi connectivity index (χ3v) is 3.05. The van der Waals surface area contributed by atoms with Gasteiger partial charge in [-0.2, -0.15) is 0 Å². The van der Waals surface area contributed by atoms with Crippen molar-refractivity contribution in [2.45, 2.75) is 6.92 Å². The van der Waals surface area contributed by atoms with Gasteiger partial charge < -0.3 is 0 Å². The number of aryl methyl sites for hydroxylation is 1. The van der Waals surface area contributed by atoms with E-state index in [2.05, 4.69) is 6.58 Å². The van der Waals surface area contributed by atoms with Gasteiger partial charge in [0, 0.05) is 10.6 Å². The predicted molar refractivity (Wildman–Crippen MR) is 71.7 cm³/mol. The summed E-state index contributed by atoms with van der Waals surface area (Å²) in [5.74, 6) is -0.284. The van der Waals surface area contributed by atoms with E-state index in [1.54, 1.807) is 12.1 Å². The highest BCUT2D eigenvalue weighted by Gasteiger charge is 2.08. The third-order valence-electron chi connectivity index (χ3n) is 2.72. The van der Waals surface area contributed by atoms with Crippen LogP contribution in [0.15, 0.2) is 43.0 Å². The maximum Gasteiger partial charge on any atom is 0.123 e. The first-order valence-electron chi connectivity index (χ1n) is 5.30. The quantitative estimate of drug-likeness (QED) is 0.692. The van der Waals surface area contributed by atoms with Gasteiger partial charge in [-0.3, -0.25) is 0 Å². The molecule has 0 aromatic heterocycles. The van der Waals surface area contributed by atoms with Crippen molar-refractivity contribution in [3.63, 3.8) is 0 Å². The molecule has 0 saturated carbocycles. The Morgan fingerprint density at radius 3 is 2.59 bits per heavy atom. The van der Waals surface area contributed by atoms with Crippen LogP contribution in [0.3, 0.4) is 0 Å². The second-order valence-electron chi connectivity index (χ2n) is 3.90. The normalized spacial score (nSPS) is 10.3. The van der Waals surface area contributed by atoms with E-state index in [0.29, 0.717) is 10.6 Å². The van der Waals surface area contributed by atoms with Crippen molar-refractivity contribution in [3.8, 4) is 11.1 Å². The number of hydrogen-bond donors (Lipinski definition) is 0. The van der Waals surface area contributed by atoms with Gasteiger partial charge in [0.05, 0.1) is 0 Å². The van der Waals surface area contributed by atoms with Gasteiger partial charge in [-0.05, 0) is 47.9 Å². The molecule has 2 rings (SSSR count). The first kappa shape index (κ1) is 11.9. The van der Waals surface area contributed by atoms with Gasteiger partial charge in [-0.1, -0.05) is 36.4 Å². The summed E-state index contributed by atoms with van der Waals surface area (Å²) in [6, 6.07) is 10.3. The van der Waals surface area contributed by atoms with E-state index in [1.807, 2.05) is 25.1 Å². The van der Waals surface area contributed by atoms with Crippen LogP contribution in [0.5, 0.6) is 0 Å². The highest BCUT2D eigenvalue weighted by atomic mass is 35.5. The number of benzene rings is 2. The van der Waals surface area contributed by atoms with E-state index >= 15 is 0 Å². The van der Waals surface area contributed by atoms with Crippen LogP contribution in [0.1, 0.15) is 11.1 Å². The first-order chi connectivity index (χ1) is 8.11. The summed E-state index contributed by atoms with van der Waals surface area (Å²) in [6.07, 6.45) is 1.76. The van der Waals surface area contributed by atoms with Crippen LogP contribution in [0.4, 0.5) is 4.39 Å². The van der Waals surface area contributed by atoms with Gasteiger partial charge in [-0.25, -0.2) is 4.39 Å². The molecule has 86 valence electrons. The van der Waals surface area contributed by atoms with Crippen LogP contribution < -0.4 is 0 Å². The largest absolute Gasteiger partial charge is 0.207 e. The lowest BCUT2D eigenvalue weighted by atomic mass is 9.98. The molecule has 2 heteroatoms. The van der Waals surface area contributed by atoms with Crippen LogP contribution in [0, 0.1) is 12.7 Å². The van der Waals surface area contributed by atoms with Crippen molar-refractivity contribution in [1.29, 1.82) is 0 Å². The van der Waals surface area contributed by atoms with Crippen molar-refractivity contribution >= 4 is 17.7 Å². The van der Waals surface area contributed by atoms with Crippen molar-refractivity contribution in [3.05, 3.63) is 64.9 Å². The van der Waals surface area contributed by atoms with Crippen molar-refractivity contribution in [2.24, 2.45) is 0 Å². The molecule has 0 nitrogen and oxygen atoms in total. The minimum absolute atomic E-state index is 0.284. The molecule has 0 spiro atoms. The van der Waals surface area contributed by atoms with Gasteiger partial charge in [0.1, 0.15) is 5.82 Å². The van der Waals surface area contributed by atoms with Crippen LogP contribution in [0.25, 0.3) is 17.2 Å². The summed E-state index contributed by atoms with van der Waals surface area (Å²) in [5.41, 5.74) is 3.70. The molecule has 0 aliphatic heterocycles. The topological polar surface area (TPSA) is 0 Å². The minimum atomic E-state index is -0.284. The van der Waals surface area contributed by atoms with Gasteiger partial charge >= 0.3 is 0 Å². The molecule has 0 aliphatic carbocycles. The molecule has 0 unspecified atom stereocenters. The van der Waals surface area contributed by atoms with E-state index in [9.17, 15) is 4.39 Å². The molecule has 0 amide bonds. The fourth-order valence-corrected chi connectivity index (χ4v) is 1.98. The van der Waals surface area contributed by atoms with E-state index in [-0.39, 0.29) is 5.82 Å². The Morgan fingerprint density at radius 1 is 1.12 bits per heavy atom. The average Bonchev–Trinajstić information content (AvgIpc) is 2.33. The highest BCUT2D eigenvalue weighted by molar-refractivity contribution is 6.33. The van der Waals surface area contributed by atoms with Gasteiger partial charge in [-0.15, -0.1) is 0 Å². The number of halogens is 2. The summed E-state index contributed by atoms with van der Waals surface area (Å²) < 4.78 is 13.3. The minimum Gasteiger partial charge on any atom is -0.207 e. The Kier molecular flexibility index (Phi) is 3.30. The molecule has 0 aliphatic rings. The molecule has 0 atom stereocenters. The Balaban J connectivity index is 2.66. The third kappa shape index (κ3) is 2.40. The zero-order chi connectivity index (χ0) is 12.4. The molecule has 2 aromatic carbocycles. The fraction of sp³-hybridized carbons (Fsp3) is 0.0667. The Morgan fingerprint density at radius 2 is 1.88 bits per heavy atom. The zero-order valence-corrected chi connectivity index (χ0v) is 10.3. The molecular formula is C15H12ClF. The van der Waals surface area contributed by atoms with Crippen molar-refractivity contribution < 1.29 is 4.39 Å². The van der Waals surface area contributed by atoms with E-state index in [4.69, 9.17) is 11.6 Å². The Bertz CT molecular complexity index is 573. The lowest BCUT2D eigenvalue weighted by Crippen LogP contribution is -1.87. The monoisotopic (exact) mass is 246 g/mol. The Labute approximate surface area is 105 Å². The van der Waals surface area contributed by atoms with Gasteiger partial charge in [0.15, 0.2) is 0 Å². The maximum absolute atomic E-state index is 13.3. The first-order valence-corrected chi connectivity index (χ1v) is 5.68. The van der Waals surface area contributed by atoms with E-state index in [0.717, 1.165) is 16.7 Å². The molecule has 0 saturated heterocycles. The molecule has 17 heavy (non-hydrogen) atoms.